The Balaban J connectivity index is 1.69. The molecule has 1 N–H and O–H groups in total. The molecular weight excluding hydrogens is 344 g/mol. The third-order valence-electron chi connectivity index (χ3n) is 4.66. The molecule has 3 rings (SSSR count). The lowest BCUT2D eigenvalue weighted by atomic mass is 10.2. The molecule has 1 heterocycles. The Kier molecular flexibility index (Phi) is 5.76. The number of fused-ring (bicyclic) bond motifs is 1. The zero-order valence-electron chi connectivity index (χ0n) is 15.9. The van der Waals surface area contributed by atoms with E-state index >= 15 is 0 Å². The zero-order chi connectivity index (χ0) is 19.4. The highest BCUT2D eigenvalue weighted by atomic mass is 16.5. The van der Waals surface area contributed by atoms with Crippen LogP contribution in [0, 0.1) is 0 Å². The van der Waals surface area contributed by atoms with Gasteiger partial charge in [-0.3, -0.25) is 0 Å². The lowest BCUT2D eigenvalue weighted by Crippen LogP contribution is -2.34. The Bertz CT molecular complexity index is 931. The molecule has 0 aliphatic heterocycles. The van der Waals surface area contributed by atoms with Crippen molar-refractivity contribution >= 4 is 17.0 Å². The number of aryl methyl sites for hydroxylation is 1. The molecule has 0 unspecified atom stereocenters. The van der Waals surface area contributed by atoms with Crippen molar-refractivity contribution in [2.24, 2.45) is 7.05 Å². The highest BCUT2D eigenvalue weighted by Gasteiger charge is 2.23. The molecule has 27 heavy (non-hydrogen) atoms. The second-order valence-corrected chi connectivity index (χ2v) is 6.41. The molecule has 0 aliphatic carbocycles. The Morgan fingerprint density at radius 3 is 2.56 bits per heavy atom. The summed E-state index contributed by atoms with van der Waals surface area (Å²) in [5, 5.41) is 10.5. The fraction of sp³-hybridized carbons (Fsp3) is 0.333. The van der Waals surface area contributed by atoms with Gasteiger partial charge in [-0.2, -0.15) is 0 Å². The average molecular weight is 369 g/mol. The number of aliphatic hydroxyl groups is 1. The maximum atomic E-state index is 11.5. The minimum atomic E-state index is -0.661. The molecule has 1 atom stereocenters. The van der Waals surface area contributed by atoms with Gasteiger partial charge in [0.2, 0.25) is 0 Å². The summed E-state index contributed by atoms with van der Waals surface area (Å²) >= 11 is 0. The second kappa shape index (κ2) is 8.22. The van der Waals surface area contributed by atoms with E-state index in [9.17, 15) is 9.90 Å². The fourth-order valence-electron chi connectivity index (χ4n) is 3.33. The highest BCUT2D eigenvalue weighted by molar-refractivity contribution is 5.89. The van der Waals surface area contributed by atoms with Crippen molar-refractivity contribution in [1.29, 1.82) is 0 Å². The van der Waals surface area contributed by atoms with Crippen LogP contribution in [-0.2, 0) is 24.8 Å². The van der Waals surface area contributed by atoms with Crippen molar-refractivity contribution in [3.8, 4) is 5.75 Å². The summed E-state index contributed by atoms with van der Waals surface area (Å²) in [6, 6.07) is 14.8. The van der Waals surface area contributed by atoms with Gasteiger partial charge in [-0.1, -0.05) is 19.1 Å². The van der Waals surface area contributed by atoms with Crippen LogP contribution in [-0.4, -0.2) is 35.5 Å². The molecule has 0 saturated carbocycles. The van der Waals surface area contributed by atoms with Crippen molar-refractivity contribution in [3.05, 3.63) is 59.9 Å². The first-order chi connectivity index (χ1) is 13.0. The number of carbonyl (C=O) groups excluding carboxylic acids is 1. The molecule has 0 aliphatic rings. The summed E-state index contributed by atoms with van der Waals surface area (Å²) < 4.78 is 14.7. The van der Waals surface area contributed by atoms with Crippen molar-refractivity contribution in [2.75, 3.05) is 13.7 Å². The van der Waals surface area contributed by atoms with Gasteiger partial charge in [-0.25, -0.2) is 13.9 Å². The fourth-order valence-corrected chi connectivity index (χ4v) is 3.33. The van der Waals surface area contributed by atoms with E-state index in [1.807, 2.05) is 19.2 Å². The number of aliphatic hydroxyl groups excluding tert-OH is 1. The number of rotatable bonds is 7. The average Bonchev–Trinajstić information content (AvgIpc) is 2.97. The molecule has 1 aromatic heterocycles. The Labute approximate surface area is 158 Å². The van der Waals surface area contributed by atoms with Gasteiger partial charge in [0.25, 0.3) is 5.82 Å². The topological polar surface area (TPSA) is 64.6 Å². The van der Waals surface area contributed by atoms with Crippen molar-refractivity contribution in [2.45, 2.75) is 26.0 Å². The van der Waals surface area contributed by atoms with Gasteiger partial charge >= 0.3 is 5.97 Å². The van der Waals surface area contributed by atoms with E-state index in [4.69, 9.17) is 4.74 Å². The summed E-state index contributed by atoms with van der Waals surface area (Å²) in [4.78, 5) is 11.5. The predicted molar refractivity (Wildman–Crippen MR) is 102 cm³/mol. The number of methoxy groups -OCH3 is 1. The van der Waals surface area contributed by atoms with Gasteiger partial charge < -0.3 is 14.6 Å². The third kappa shape index (κ3) is 3.95. The number of nitrogens with zero attached hydrogens (tertiary/aromatic N) is 2. The molecule has 2 aromatic carbocycles. The van der Waals surface area contributed by atoms with E-state index < -0.39 is 6.10 Å². The quantitative estimate of drug-likeness (QED) is 0.513. The van der Waals surface area contributed by atoms with Gasteiger partial charge in [0.1, 0.15) is 25.0 Å². The van der Waals surface area contributed by atoms with Gasteiger partial charge in [0.05, 0.1) is 19.7 Å². The molecule has 0 spiro atoms. The number of hydrogen-bond donors (Lipinski definition) is 1. The number of ether oxygens (including phenoxy) is 2. The van der Waals surface area contributed by atoms with Gasteiger partial charge in [-0.05, 0) is 36.4 Å². The summed E-state index contributed by atoms with van der Waals surface area (Å²) in [7, 11) is 3.39. The van der Waals surface area contributed by atoms with Crippen LogP contribution in [0.3, 0.4) is 0 Å². The summed E-state index contributed by atoms with van der Waals surface area (Å²) in [5.41, 5.74) is 2.70. The van der Waals surface area contributed by atoms with E-state index in [1.54, 1.807) is 24.3 Å². The monoisotopic (exact) mass is 369 g/mol. The van der Waals surface area contributed by atoms with E-state index in [2.05, 4.69) is 32.9 Å². The van der Waals surface area contributed by atoms with Crippen LogP contribution in [0.4, 0.5) is 0 Å². The van der Waals surface area contributed by atoms with Crippen LogP contribution >= 0.6 is 0 Å². The lowest BCUT2D eigenvalue weighted by Gasteiger charge is -2.12. The Hall–Kier alpha value is -2.86. The minimum Gasteiger partial charge on any atom is -0.491 e. The van der Waals surface area contributed by atoms with Crippen molar-refractivity contribution in [3.63, 3.8) is 0 Å². The minimum absolute atomic E-state index is 0.164. The number of para-hydroxylation sites is 2. The number of hydrogen-bond acceptors (Lipinski definition) is 4. The molecule has 0 amide bonds. The van der Waals surface area contributed by atoms with Crippen LogP contribution in [0.2, 0.25) is 0 Å². The van der Waals surface area contributed by atoms with Crippen LogP contribution in [0.25, 0.3) is 11.0 Å². The van der Waals surface area contributed by atoms with Gasteiger partial charge in [0, 0.05) is 6.42 Å². The molecule has 0 radical (unpaired) electrons. The van der Waals surface area contributed by atoms with Gasteiger partial charge in [-0.15, -0.1) is 0 Å². The van der Waals surface area contributed by atoms with Crippen molar-refractivity contribution < 1.29 is 23.9 Å². The summed E-state index contributed by atoms with van der Waals surface area (Å²) in [6.07, 6.45) is 0.208. The number of carbonyl (C=O) groups is 1. The number of esters is 1. The van der Waals surface area contributed by atoms with Crippen LogP contribution < -0.4 is 9.30 Å². The summed E-state index contributed by atoms with van der Waals surface area (Å²) in [5.74, 6) is 1.36. The number of imidazole rings is 1. The molecule has 0 bridgehead atoms. The Morgan fingerprint density at radius 2 is 1.89 bits per heavy atom. The molecule has 3 aromatic rings. The first kappa shape index (κ1) is 18.9. The third-order valence-corrected chi connectivity index (χ3v) is 4.66. The first-order valence-electron chi connectivity index (χ1n) is 9.00. The second-order valence-electron chi connectivity index (χ2n) is 6.41. The standard InChI is InChI=1S/C21H25N2O4/c1-4-20-22(2)18-7-5-6-8-19(18)23(20)13-16(24)14-27-17-11-9-15(10-12-17)21(25)26-3/h5-12,16,24H,4,13-14H2,1-3H3/q+1/t16-/m0/s1. The SMILES string of the molecule is CCc1n(C[C@H](O)COc2ccc(C(=O)OC)cc2)c2ccccc2[n+]1C. The van der Waals surface area contributed by atoms with E-state index in [-0.39, 0.29) is 12.6 Å². The maximum absolute atomic E-state index is 11.5. The predicted octanol–water partition coefficient (Wildman–Crippen LogP) is 2.25. The van der Waals surface area contributed by atoms with E-state index in [0.29, 0.717) is 17.9 Å². The molecule has 142 valence electrons. The van der Waals surface area contributed by atoms with Crippen LogP contribution in [0.5, 0.6) is 5.75 Å². The van der Waals surface area contributed by atoms with Crippen LogP contribution in [0.1, 0.15) is 23.1 Å². The largest absolute Gasteiger partial charge is 0.491 e. The molecule has 0 fully saturated rings. The van der Waals surface area contributed by atoms with Crippen molar-refractivity contribution in [1.82, 2.24) is 4.57 Å². The van der Waals surface area contributed by atoms with E-state index in [0.717, 1.165) is 23.3 Å². The van der Waals surface area contributed by atoms with Gasteiger partial charge in [0.15, 0.2) is 11.0 Å². The van der Waals surface area contributed by atoms with Crippen LogP contribution in [0.15, 0.2) is 48.5 Å². The zero-order valence-corrected chi connectivity index (χ0v) is 15.9. The smallest absolute Gasteiger partial charge is 0.337 e. The summed E-state index contributed by atoms with van der Waals surface area (Å²) in [6.45, 7) is 2.72. The van der Waals surface area contributed by atoms with E-state index in [1.165, 1.54) is 7.11 Å². The lowest BCUT2D eigenvalue weighted by molar-refractivity contribution is -0.653. The number of aromatic nitrogens is 2. The Morgan fingerprint density at radius 1 is 1.19 bits per heavy atom. The normalized spacial score (nSPS) is 12.1. The molecule has 6 heteroatoms. The maximum Gasteiger partial charge on any atom is 0.337 e. The first-order valence-corrected chi connectivity index (χ1v) is 9.00. The molecule has 0 saturated heterocycles. The highest BCUT2D eigenvalue weighted by Crippen LogP contribution is 2.16. The molecule has 6 nitrogen and oxygen atoms in total. The molecular formula is C21H25N2O4+. The number of benzene rings is 2.